The van der Waals surface area contributed by atoms with Crippen molar-refractivity contribution in [3.63, 3.8) is 0 Å². The largest absolute Gasteiger partial charge is 0.493 e. The summed E-state index contributed by atoms with van der Waals surface area (Å²) in [4.78, 5) is 24.6. The van der Waals surface area contributed by atoms with Crippen LogP contribution < -0.4 is 9.47 Å². The Morgan fingerprint density at radius 1 is 1.12 bits per heavy atom. The van der Waals surface area contributed by atoms with Gasteiger partial charge in [0.1, 0.15) is 22.0 Å². The first-order chi connectivity index (χ1) is 16.6. The van der Waals surface area contributed by atoms with Gasteiger partial charge >= 0.3 is 0 Å². The Balaban J connectivity index is 1.34. The van der Waals surface area contributed by atoms with Crippen LogP contribution in [-0.4, -0.2) is 47.3 Å². The number of thioether (sulfide) groups is 1. The van der Waals surface area contributed by atoms with Crippen molar-refractivity contribution in [2.24, 2.45) is 0 Å². The molecule has 0 spiro atoms. The lowest BCUT2D eigenvalue weighted by molar-refractivity contribution is -0.129. The minimum absolute atomic E-state index is 0.0516. The van der Waals surface area contributed by atoms with Crippen molar-refractivity contribution >= 4 is 39.2 Å². The number of methoxy groups -OCH3 is 2. The highest BCUT2D eigenvalue weighted by atomic mass is 32.2. The molecule has 0 unspecified atom stereocenters. The maximum atomic E-state index is 13.4. The summed E-state index contributed by atoms with van der Waals surface area (Å²) >= 11 is 2.92. The second kappa shape index (κ2) is 9.60. The summed E-state index contributed by atoms with van der Waals surface area (Å²) in [5.41, 5.74) is 4.09. The zero-order valence-corrected chi connectivity index (χ0v) is 20.3. The summed E-state index contributed by atoms with van der Waals surface area (Å²) in [5.74, 6) is 1.42. The molecule has 1 aliphatic heterocycles. The first-order valence-corrected chi connectivity index (χ1v) is 12.6. The summed E-state index contributed by atoms with van der Waals surface area (Å²) < 4.78 is 24.2. The van der Waals surface area contributed by atoms with Gasteiger partial charge in [-0.25, -0.2) is 14.4 Å². The van der Waals surface area contributed by atoms with Crippen LogP contribution in [0.3, 0.4) is 0 Å². The van der Waals surface area contributed by atoms with E-state index in [2.05, 4.69) is 9.97 Å². The molecule has 0 atom stereocenters. The lowest BCUT2D eigenvalue weighted by Gasteiger charge is -2.29. The van der Waals surface area contributed by atoms with E-state index in [-0.39, 0.29) is 17.5 Å². The number of hydrogen-bond donors (Lipinski definition) is 0. The Morgan fingerprint density at radius 2 is 1.85 bits per heavy atom. The van der Waals surface area contributed by atoms with Crippen LogP contribution >= 0.6 is 23.1 Å². The Labute approximate surface area is 204 Å². The number of thiophene rings is 1. The highest BCUT2D eigenvalue weighted by Crippen LogP contribution is 2.38. The van der Waals surface area contributed by atoms with Crippen molar-refractivity contribution in [2.45, 2.75) is 18.0 Å². The van der Waals surface area contributed by atoms with Crippen molar-refractivity contribution in [1.29, 1.82) is 0 Å². The molecule has 1 amide bonds. The van der Waals surface area contributed by atoms with Crippen LogP contribution in [0, 0.1) is 5.82 Å². The molecule has 0 bridgehead atoms. The van der Waals surface area contributed by atoms with Gasteiger partial charge in [-0.15, -0.1) is 11.3 Å². The van der Waals surface area contributed by atoms with Gasteiger partial charge in [0.2, 0.25) is 5.91 Å². The summed E-state index contributed by atoms with van der Waals surface area (Å²) in [6.07, 6.45) is 2.29. The van der Waals surface area contributed by atoms with E-state index in [9.17, 15) is 9.18 Å². The van der Waals surface area contributed by atoms with Gasteiger partial charge in [-0.2, -0.15) is 0 Å². The third-order valence-corrected chi connectivity index (χ3v) is 7.75. The molecule has 0 fully saturated rings. The molecule has 0 N–H and O–H groups in total. The van der Waals surface area contributed by atoms with Gasteiger partial charge in [0, 0.05) is 24.0 Å². The average molecular weight is 496 g/mol. The minimum atomic E-state index is -0.279. The van der Waals surface area contributed by atoms with Crippen LogP contribution in [0.5, 0.6) is 11.5 Å². The number of carbonyl (C=O) groups excluding carboxylic acids is 1. The Bertz CT molecular complexity index is 1360. The molecule has 5 rings (SSSR count). The van der Waals surface area contributed by atoms with Crippen LogP contribution in [0.15, 0.2) is 53.1 Å². The zero-order chi connectivity index (χ0) is 23.7. The molecule has 174 valence electrons. The number of nitrogens with zero attached hydrogens (tertiary/aromatic N) is 3. The normalized spacial score (nSPS) is 13.1. The standard InChI is InChI=1S/C25H22FN3O3S2/c1-31-20-9-16-7-8-29(11-17(16)10-21(20)32-2)22(30)13-34-25-23-19(12-33-24(23)27-14-28-25)15-3-5-18(26)6-4-15/h3-6,9-10,12,14H,7-8,11,13H2,1-2H3. The molecular formula is C25H22FN3O3S2. The minimum Gasteiger partial charge on any atom is -0.493 e. The van der Waals surface area contributed by atoms with Gasteiger partial charge in [-0.1, -0.05) is 23.9 Å². The lowest BCUT2D eigenvalue weighted by atomic mass is 9.99. The second-order valence-electron chi connectivity index (χ2n) is 7.85. The molecule has 0 aliphatic carbocycles. The van der Waals surface area contributed by atoms with Gasteiger partial charge < -0.3 is 14.4 Å². The first kappa shape index (κ1) is 22.6. The van der Waals surface area contributed by atoms with Crippen LogP contribution in [0.2, 0.25) is 0 Å². The molecule has 6 nitrogen and oxygen atoms in total. The number of aromatic nitrogens is 2. The maximum Gasteiger partial charge on any atom is 0.233 e. The van der Waals surface area contributed by atoms with E-state index in [0.717, 1.165) is 38.4 Å². The number of fused-ring (bicyclic) bond motifs is 2. The van der Waals surface area contributed by atoms with Crippen molar-refractivity contribution in [2.75, 3.05) is 26.5 Å². The fourth-order valence-electron chi connectivity index (χ4n) is 4.12. The van der Waals surface area contributed by atoms with Gasteiger partial charge in [0.05, 0.1) is 25.4 Å². The molecule has 2 aromatic carbocycles. The van der Waals surface area contributed by atoms with Crippen molar-refractivity contribution in [1.82, 2.24) is 14.9 Å². The smallest absolute Gasteiger partial charge is 0.233 e. The van der Waals surface area contributed by atoms with E-state index < -0.39 is 0 Å². The fraction of sp³-hybridized carbons (Fsp3) is 0.240. The number of hydrogen-bond acceptors (Lipinski definition) is 7. The molecule has 2 aromatic heterocycles. The predicted molar refractivity (Wildman–Crippen MR) is 132 cm³/mol. The Hall–Kier alpha value is -3.17. The quantitative estimate of drug-likeness (QED) is 0.271. The molecule has 0 saturated heterocycles. The van der Waals surface area contributed by atoms with Gasteiger partial charge in [-0.3, -0.25) is 4.79 Å². The molecule has 1 aliphatic rings. The van der Waals surface area contributed by atoms with E-state index in [1.807, 2.05) is 22.4 Å². The van der Waals surface area contributed by atoms with E-state index >= 15 is 0 Å². The highest BCUT2D eigenvalue weighted by molar-refractivity contribution is 8.00. The SMILES string of the molecule is COc1cc2c(cc1OC)CN(C(=O)CSc1ncnc3scc(-c4ccc(F)cc4)c13)CC2. The van der Waals surface area contributed by atoms with Crippen LogP contribution in [0.25, 0.3) is 21.3 Å². The van der Waals surface area contributed by atoms with Crippen molar-refractivity contribution in [3.05, 3.63) is 65.0 Å². The van der Waals surface area contributed by atoms with E-state index in [4.69, 9.17) is 9.47 Å². The number of rotatable bonds is 6. The fourth-order valence-corrected chi connectivity index (χ4v) is 6.01. The van der Waals surface area contributed by atoms with E-state index in [1.54, 1.807) is 26.4 Å². The number of carbonyl (C=O) groups is 1. The van der Waals surface area contributed by atoms with E-state index in [1.165, 1.54) is 47.1 Å². The van der Waals surface area contributed by atoms with Crippen LogP contribution in [0.1, 0.15) is 11.1 Å². The molecule has 34 heavy (non-hydrogen) atoms. The molecule has 0 saturated carbocycles. The Morgan fingerprint density at radius 3 is 2.59 bits per heavy atom. The van der Waals surface area contributed by atoms with Crippen molar-refractivity contribution in [3.8, 4) is 22.6 Å². The van der Waals surface area contributed by atoms with Gasteiger partial charge in [0.15, 0.2) is 11.5 Å². The van der Waals surface area contributed by atoms with Gasteiger partial charge in [0.25, 0.3) is 0 Å². The van der Waals surface area contributed by atoms with E-state index in [0.29, 0.717) is 24.6 Å². The molecule has 4 aromatic rings. The monoisotopic (exact) mass is 495 g/mol. The average Bonchev–Trinajstić information content (AvgIpc) is 3.31. The molecule has 0 radical (unpaired) electrons. The Kier molecular flexibility index (Phi) is 6.38. The van der Waals surface area contributed by atoms with Crippen LogP contribution in [-0.2, 0) is 17.8 Å². The predicted octanol–water partition coefficient (Wildman–Crippen LogP) is 5.19. The topological polar surface area (TPSA) is 64.6 Å². The third-order valence-electron chi connectivity index (χ3n) is 5.89. The number of halogens is 1. The maximum absolute atomic E-state index is 13.4. The van der Waals surface area contributed by atoms with Crippen LogP contribution in [0.4, 0.5) is 4.39 Å². The number of benzene rings is 2. The summed E-state index contributed by atoms with van der Waals surface area (Å²) in [7, 11) is 3.24. The number of amides is 1. The summed E-state index contributed by atoms with van der Waals surface area (Å²) in [5, 5.41) is 3.65. The molecular weight excluding hydrogens is 473 g/mol. The zero-order valence-electron chi connectivity index (χ0n) is 18.7. The number of ether oxygens (including phenoxy) is 2. The summed E-state index contributed by atoms with van der Waals surface area (Å²) in [6.45, 7) is 1.19. The molecule has 3 heterocycles. The summed E-state index contributed by atoms with van der Waals surface area (Å²) in [6, 6.07) is 10.3. The highest BCUT2D eigenvalue weighted by Gasteiger charge is 2.23. The second-order valence-corrected chi connectivity index (χ2v) is 9.67. The first-order valence-electron chi connectivity index (χ1n) is 10.7. The lowest BCUT2D eigenvalue weighted by Crippen LogP contribution is -2.37. The van der Waals surface area contributed by atoms with Gasteiger partial charge in [-0.05, 0) is 47.4 Å². The third kappa shape index (κ3) is 4.33. The molecule has 9 heteroatoms. The van der Waals surface area contributed by atoms with Crippen molar-refractivity contribution < 1.29 is 18.7 Å².